The van der Waals surface area contributed by atoms with Crippen molar-refractivity contribution >= 4 is 11.8 Å². The number of hydrogen-bond donors (Lipinski definition) is 1. The Morgan fingerprint density at radius 3 is 2.93 bits per heavy atom. The third-order valence-corrected chi connectivity index (χ3v) is 3.53. The lowest BCUT2D eigenvalue weighted by atomic mass is 10.2. The highest BCUT2D eigenvalue weighted by molar-refractivity contribution is 7.99. The van der Waals surface area contributed by atoms with Crippen LogP contribution in [0.2, 0.25) is 0 Å². The van der Waals surface area contributed by atoms with E-state index in [1.807, 2.05) is 18.0 Å². The summed E-state index contributed by atoms with van der Waals surface area (Å²) in [5.74, 6) is 1.09. The van der Waals surface area contributed by atoms with Gasteiger partial charge in [0.2, 0.25) is 0 Å². The van der Waals surface area contributed by atoms with E-state index in [1.54, 1.807) is 0 Å². The van der Waals surface area contributed by atoms with E-state index in [4.69, 9.17) is 0 Å². The molecule has 15 heavy (non-hydrogen) atoms. The zero-order valence-electron chi connectivity index (χ0n) is 9.42. The molecule has 3 heteroatoms. The van der Waals surface area contributed by atoms with Gasteiger partial charge >= 0.3 is 0 Å². The standard InChI is InChI=1S/C12H18N2S/c1-3-15-12-9(2)6-10(8-14-12)7-13-11-4-5-11/h6,8,11,13H,3-5,7H2,1-2H3. The number of aromatic nitrogens is 1. The maximum absolute atomic E-state index is 4.49. The third kappa shape index (κ3) is 3.21. The molecule has 0 spiro atoms. The van der Waals surface area contributed by atoms with E-state index in [0.29, 0.717) is 0 Å². The zero-order valence-corrected chi connectivity index (χ0v) is 10.2. The maximum atomic E-state index is 4.49. The van der Waals surface area contributed by atoms with Crippen LogP contribution in [0.25, 0.3) is 0 Å². The van der Waals surface area contributed by atoms with E-state index in [-0.39, 0.29) is 0 Å². The minimum atomic E-state index is 0.773. The molecule has 1 aliphatic rings. The highest BCUT2D eigenvalue weighted by Gasteiger charge is 2.19. The summed E-state index contributed by atoms with van der Waals surface area (Å²) in [5.41, 5.74) is 2.61. The predicted molar refractivity (Wildman–Crippen MR) is 65.2 cm³/mol. The summed E-state index contributed by atoms with van der Waals surface area (Å²) in [6.07, 6.45) is 4.69. The van der Waals surface area contributed by atoms with E-state index < -0.39 is 0 Å². The van der Waals surface area contributed by atoms with Gasteiger partial charge in [0.1, 0.15) is 0 Å². The van der Waals surface area contributed by atoms with Gasteiger partial charge < -0.3 is 5.32 Å². The molecule has 1 fully saturated rings. The van der Waals surface area contributed by atoms with E-state index in [2.05, 4.69) is 30.2 Å². The van der Waals surface area contributed by atoms with Crippen molar-refractivity contribution in [3.63, 3.8) is 0 Å². The van der Waals surface area contributed by atoms with E-state index in [9.17, 15) is 0 Å². The lowest BCUT2D eigenvalue weighted by molar-refractivity contribution is 0.684. The Kier molecular flexibility index (Phi) is 3.65. The highest BCUT2D eigenvalue weighted by atomic mass is 32.2. The van der Waals surface area contributed by atoms with Gasteiger partial charge in [-0.1, -0.05) is 13.0 Å². The normalized spacial score (nSPS) is 15.6. The number of nitrogens with one attached hydrogen (secondary N) is 1. The van der Waals surface area contributed by atoms with Crippen LogP contribution >= 0.6 is 11.8 Å². The van der Waals surface area contributed by atoms with Crippen LogP contribution in [0.3, 0.4) is 0 Å². The fourth-order valence-electron chi connectivity index (χ4n) is 1.55. The van der Waals surface area contributed by atoms with E-state index in [0.717, 1.165) is 18.3 Å². The summed E-state index contributed by atoms with van der Waals surface area (Å²) in [7, 11) is 0. The highest BCUT2D eigenvalue weighted by Crippen LogP contribution is 2.21. The molecule has 82 valence electrons. The first kappa shape index (κ1) is 11.0. The van der Waals surface area contributed by atoms with Gasteiger partial charge in [-0.3, -0.25) is 0 Å². The van der Waals surface area contributed by atoms with E-state index in [1.165, 1.54) is 29.0 Å². The fraction of sp³-hybridized carbons (Fsp3) is 0.583. The molecule has 1 saturated carbocycles. The van der Waals surface area contributed by atoms with Crippen LogP contribution in [0, 0.1) is 6.92 Å². The van der Waals surface area contributed by atoms with Crippen molar-refractivity contribution in [1.29, 1.82) is 0 Å². The zero-order chi connectivity index (χ0) is 10.7. The van der Waals surface area contributed by atoms with Crippen molar-refractivity contribution in [2.75, 3.05) is 5.75 Å². The number of hydrogen-bond acceptors (Lipinski definition) is 3. The maximum Gasteiger partial charge on any atom is 0.0989 e. The molecule has 0 radical (unpaired) electrons. The predicted octanol–water partition coefficient (Wildman–Crippen LogP) is 2.75. The molecule has 2 rings (SSSR count). The largest absolute Gasteiger partial charge is 0.310 e. The average molecular weight is 222 g/mol. The molecule has 1 heterocycles. The van der Waals surface area contributed by atoms with Gasteiger partial charge in [-0.15, -0.1) is 11.8 Å². The van der Waals surface area contributed by atoms with Crippen molar-refractivity contribution < 1.29 is 0 Å². The van der Waals surface area contributed by atoms with Gasteiger partial charge in [0.15, 0.2) is 0 Å². The molecular formula is C12H18N2S. The van der Waals surface area contributed by atoms with Crippen LogP contribution in [-0.2, 0) is 6.54 Å². The summed E-state index contributed by atoms with van der Waals surface area (Å²) in [6, 6.07) is 3.02. The fourth-order valence-corrected chi connectivity index (χ4v) is 2.24. The monoisotopic (exact) mass is 222 g/mol. The molecule has 2 nitrogen and oxygen atoms in total. The van der Waals surface area contributed by atoms with Gasteiger partial charge in [-0.2, -0.15) is 0 Å². The van der Waals surface area contributed by atoms with Crippen LogP contribution in [-0.4, -0.2) is 16.8 Å². The molecule has 1 aliphatic carbocycles. The summed E-state index contributed by atoms with van der Waals surface area (Å²) in [5, 5.41) is 4.68. The van der Waals surface area contributed by atoms with Crippen LogP contribution < -0.4 is 5.32 Å². The Hall–Kier alpha value is -0.540. The topological polar surface area (TPSA) is 24.9 Å². The Bertz CT molecular complexity index is 334. The molecule has 0 bridgehead atoms. The van der Waals surface area contributed by atoms with Crippen molar-refractivity contribution in [3.8, 4) is 0 Å². The van der Waals surface area contributed by atoms with Crippen molar-refractivity contribution in [3.05, 3.63) is 23.4 Å². The molecule has 1 N–H and O–H groups in total. The smallest absolute Gasteiger partial charge is 0.0989 e. The minimum Gasteiger partial charge on any atom is -0.310 e. The van der Waals surface area contributed by atoms with Gasteiger partial charge in [-0.25, -0.2) is 4.98 Å². The number of thioether (sulfide) groups is 1. The van der Waals surface area contributed by atoms with Crippen LogP contribution in [0.4, 0.5) is 0 Å². The van der Waals surface area contributed by atoms with Crippen molar-refractivity contribution in [2.24, 2.45) is 0 Å². The number of nitrogens with zero attached hydrogens (tertiary/aromatic N) is 1. The molecule has 1 aromatic rings. The van der Waals surface area contributed by atoms with Gasteiger partial charge in [0.05, 0.1) is 5.03 Å². The Labute approximate surface area is 95.9 Å². The average Bonchev–Trinajstić information content (AvgIpc) is 3.03. The van der Waals surface area contributed by atoms with Gasteiger partial charge in [0, 0.05) is 18.8 Å². The molecule has 0 unspecified atom stereocenters. The number of rotatable bonds is 5. The van der Waals surface area contributed by atoms with Crippen LogP contribution in [0.5, 0.6) is 0 Å². The summed E-state index contributed by atoms with van der Waals surface area (Å²) in [6.45, 7) is 5.27. The lowest BCUT2D eigenvalue weighted by Crippen LogP contribution is -2.15. The Morgan fingerprint density at radius 1 is 1.53 bits per heavy atom. The molecule has 1 aromatic heterocycles. The van der Waals surface area contributed by atoms with Crippen LogP contribution in [0.1, 0.15) is 30.9 Å². The first-order valence-electron chi connectivity index (χ1n) is 5.61. The summed E-state index contributed by atoms with van der Waals surface area (Å²) in [4.78, 5) is 4.49. The number of aryl methyl sites for hydroxylation is 1. The Morgan fingerprint density at radius 2 is 2.33 bits per heavy atom. The molecular weight excluding hydrogens is 204 g/mol. The van der Waals surface area contributed by atoms with Gasteiger partial charge in [-0.05, 0) is 36.6 Å². The summed E-state index contributed by atoms with van der Waals surface area (Å²) < 4.78 is 0. The second-order valence-corrected chi connectivity index (χ2v) is 5.31. The molecule has 0 aliphatic heterocycles. The van der Waals surface area contributed by atoms with Crippen molar-refractivity contribution in [1.82, 2.24) is 10.3 Å². The van der Waals surface area contributed by atoms with Gasteiger partial charge in [0.25, 0.3) is 0 Å². The SMILES string of the molecule is CCSc1ncc(CNC2CC2)cc1C. The molecule has 0 amide bonds. The van der Waals surface area contributed by atoms with Crippen molar-refractivity contribution in [2.45, 2.75) is 44.3 Å². The molecule has 0 aromatic carbocycles. The number of pyridine rings is 1. The summed E-state index contributed by atoms with van der Waals surface area (Å²) >= 11 is 1.82. The quantitative estimate of drug-likeness (QED) is 0.775. The first-order valence-corrected chi connectivity index (χ1v) is 6.60. The Balaban J connectivity index is 1.96. The molecule has 0 saturated heterocycles. The third-order valence-electron chi connectivity index (χ3n) is 2.54. The minimum absolute atomic E-state index is 0.773. The second-order valence-electron chi connectivity index (χ2n) is 4.05. The lowest BCUT2D eigenvalue weighted by Gasteiger charge is -2.07. The van der Waals surface area contributed by atoms with Crippen LogP contribution in [0.15, 0.2) is 17.3 Å². The second kappa shape index (κ2) is 4.99. The van der Waals surface area contributed by atoms with E-state index >= 15 is 0 Å². The molecule has 0 atom stereocenters. The first-order chi connectivity index (χ1) is 7.29.